The van der Waals surface area contributed by atoms with Crippen molar-refractivity contribution >= 4 is 11.9 Å². The number of carbonyl (C=O) groups is 2. The summed E-state index contributed by atoms with van der Waals surface area (Å²) in [6.45, 7) is 2.99. The van der Waals surface area contributed by atoms with Crippen LogP contribution in [0.4, 0.5) is 0 Å². The van der Waals surface area contributed by atoms with E-state index < -0.39 is 11.9 Å². The first kappa shape index (κ1) is 19.2. The molecule has 2 aromatic carbocycles. The van der Waals surface area contributed by atoms with Crippen LogP contribution in [0.5, 0.6) is 0 Å². The fraction of sp³-hybridized carbons (Fsp3) is 0.391. The molecule has 0 aromatic heterocycles. The number of carboxylic acids is 1. The molecule has 1 saturated heterocycles. The first-order valence-corrected chi connectivity index (χ1v) is 9.62. The Balaban J connectivity index is 1.75. The lowest BCUT2D eigenvalue weighted by atomic mass is 9.87. The summed E-state index contributed by atoms with van der Waals surface area (Å²) in [4.78, 5) is 26.2. The fourth-order valence-electron chi connectivity index (χ4n) is 4.01. The van der Waals surface area contributed by atoms with E-state index in [1.807, 2.05) is 43.3 Å². The molecule has 0 saturated carbocycles. The van der Waals surface area contributed by atoms with Gasteiger partial charge in [-0.15, -0.1) is 0 Å². The molecular weight excluding hydrogens is 338 g/mol. The highest BCUT2D eigenvalue weighted by atomic mass is 16.4. The van der Waals surface area contributed by atoms with Gasteiger partial charge in [0.1, 0.15) is 0 Å². The molecule has 3 atom stereocenters. The number of hydrogen-bond donors (Lipinski definition) is 1. The van der Waals surface area contributed by atoms with E-state index in [4.69, 9.17) is 0 Å². The van der Waals surface area contributed by atoms with Gasteiger partial charge in [0.15, 0.2) is 0 Å². The summed E-state index contributed by atoms with van der Waals surface area (Å²) >= 11 is 0. The Kier molecular flexibility index (Phi) is 6.28. The van der Waals surface area contributed by atoms with E-state index in [2.05, 4.69) is 24.3 Å². The zero-order chi connectivity index (χ0) is 19.2. The Bertz CT molecular complexity index is 760. The predicted molar refractivity (Wildman–Crippen MR) is 105 cm³/mol. The second-order valence-corrected chi connectivity index (χ2v) is 7.68. The SMILES string of the molecule is CC1CC(C(=O)O)CN(C(=O)CC(Cc2ccccc2)c2ccccc2)C1. The number of rotatable bonds is 6. The number of carboxylic acid groups (broad SMARTS) is 1. The summed E-state index contributed by atoms with van der Waals surface area (Å²) in [7, 11) is 0. The van der Waals surface area contributed by atoms with Gasteiger partial charge in [-0.1, -0.05) is 67.6 Å². The molecule has 27 heavy (non-hydrogen) atoms. The van der Waals surface area contributed by atoms with Crippen LogP contribution in [-0.4, -0.2) is 35.0 Å². The van der Waals surface area contributed by atoms with Gasteiger partial charge in [-0.3, -0.25) is 9.59 Å². The number of aliphatic carboxylic acids is 1. The quantitative estimate of drug-likeness (QED) is 0.843. The predicted octanol–water partition coefficient (Wildman–Crippen LogP) is 3.97. The minimum absolute atomic E-state index is 0.0533. The van der Waals surface area contributed by atoms with Crippen LogP contribution < -0.4 is 0 Å². The maximum atomic E-state index is 13.0. The molecule has 0 aliphatic carbocycles. The first-order valence-electron chi connectivity index (χ1n) is 9.62. The summed E-state index contributed by atoms with van der Waals surface area (Å²) in [5.74, 6) is -0.905. The standard InChI is InChI=1S/C23H27NO3/c1-17-12-21(23(26)27)16-24(15-17)22(25)14-20(19-10-6-3-7-11-19)13-18-8-4-2-5-9-18/h2-11,17,20-21H,12-16H2,1H3,(H,26,27). The molecule has 3 rings (SSSR count). The van der Waals surface area contributed by atoms with E-state index in [1.165, 1.54) is 5.56 Å². The van der Waals surface area contributed by atoms with Gasteiger partial charge < -0.3 is 10.0 Å². The highest BCUT2D eigenvalue weighted by molar-refractivity contribution is 5.79. The van der Waals surface area contributed by atoms with Crippen molar-refractivity contribution in [2.45, 2.75) is 32.1 Å². The third kappa shape index (κ3) is 5.19. The molecule has 4 nitrogen and oxygen atoms in total. The van der Waals surface area contributed by atoms with Crippen LogP contribution >= 0.6 is 0 Å². The van der Waals surface area contributed by atoms with Crippen LogP contribution in [-0.2, 0) is 16.0 Å². The van der Waals surface area contributed by atoms with Gasteiger partial charge in [-0.2, -0.15) is 0 Å². The van der Waals surface area contributed by atoms with Crippen LogP contribution in [0.25, 0.3) is 0 Å². The number of hydrogen-bond acceptors (Lipinski definition) is 2. The average molecular weight is 365 g/mol. The Morgan fingerprint density at radius 2 is 1.67 bits per heavy atom. The summed E-state index contributed by atoms with van der Waals surface area (Å²) in [6.07, 6.45) is 1.84. The van der Waals surface area contributed by atoms with Gasteiger partial charge in [0.05, 0.1) is 5.92 Å². The second-order valence-electron chi connectivity index (χ2n) is 7.68. The summed E-state index contributed by atoms with van der Waals surface area (Å²) in [6, 6.07) is 20.3. The van der Waals surface area contributed by atoms with Crippen molar-refractivity contribution < 1.29 is 14.7 Å². The van der Waals surface area contributed by atoms with E-state index in [-0.39, 0.29) is 17.7 Å². The molecule has 4 heteroatoms. The lowest BCUT2D eigenvalue weighted by Gasteiger charge is -2.35. The van der Waals surface area contributed by atoms with Gasteiger partial charge in [0, 0.05) is 19.5 Å². The number of benzene rings is 2. The van der Waals surface area contributed by atoms with E-state index in [0.29, 0.717) is 25.9 Å². The zero-order valence-electron chi connectivity index (χ0n) is 15.8. The van der Waals surface area contributed by atoms with Crippen molar-refractivity contribution in [2.24, 2.45) is 11.8 Å². The highest BCUT2D eigenvalue weighted by Gasteiger charge is 2.32. The number of likely N-dealkylation sites (tertiary alicyclic amines) is 1. The molecule has 1 aliphatic heterocycles. The van der Waals surface area contributed by atoms with E-state index in [9.17, 15) is 14.7 Å². The summed E-state index contributed by atoms with van der Waals surface area (Å²) in [5.41, 5.74) is 2.35. The normalized spacial score (nSPS) is 20.9. The van der Waals surface area contributed by atoms with Crippen molar-refractivity contribution in [3.8, 4) is 0 Å². The van der Waals surface area contributed by atoms with Gasteiger partial charge >= 0.3 is 5.97 Å². The Morgan fingerprint density at radius 1 is 1.04 bits per heavy atom. The summed E-state index contributed by atoms with van der Waals surface area (Å²) < 4.78 is 0. The van der Waals surface area contributed by atoms with Crippen molar-refractivity contribution in [2.75, 3.05) is 13.1 Å². The first-order chi connectivity index (χ1) is 13.0. The smallest absolute Gasteiger partial charge is 0.308 e. The van der Waals surface area contributed by atoms with E-state index in [0.717, 1.165) is 12.0 Å². The van der Waals surface area contributed by atoms with Crippen molar-refractivity contribution in [1.29, 1.82) is 0 Å². The topological polar surface area (TPSA) is 57.6 Å². The lowest BCUT2D eigenvalue weighted by Crippen LogP contribution is -2.45. The van der Waals surface area contributed by atoms with Crippen LogP contribution in [0.1, 0.15) is 36.8 Å². The Hall–Kier alpha value is -2.62. The second kappa shape index (κ2) is 8.85. The van der Waals surface area contributed by atoms with Gasteiger partial charge in [-0.05, 0) is 35.8 Å². The molecular formula is C23H27NO3. The minimum atomic E-state index is -0.803. The summed E-state index contributed by atoms with van der Waals surface area (Å²) in [5, 5.41) is 9.37. The Morgan fingerprint density at radius 3 is 2.30 bits per heavy atom. The third-order valence-corrected chi connectivity index (χ3v) is 5.38. The number of piperidine rings is 1. The van der Waals surface area contributed by atoms with Crippen molar-refractivity contribution in [3.63, 3.8) is 0 Å². The molecule has 1 heterocycles. The largest absolute Gasteiger partial charge is 0.481 e. The van der Waals surface area contributed by atoms with Crippen LogP contribution in [0.2, 0.25) is 0 Å². The van der Waals surface area contributed by atoms with Crippen molar-refractivity contribution in [3.05, 3.63) is 71.8 Å². The lowest BCUT2D eigenvalue weighted by molar-refractivity contribution is -0.147. The molecule has 1 aliphatic rings. The highest BCUT2D eigenvalue weighted by Crippen LogP contribution is 2.28. The van der Waals surface area contributed by atoms with Gasteiger partial charge in [-0.25, -0.2) is 0 Å². The third-order valence-electron chi connectivity index (χ3n) is 5.38. The molecule has 3 unspecified atom stereocenters. The number of carbonyl (C=O) groups excluding carboxylic acids is 1. The maximum absolute atomic E-state index is 13.0. The van der Waals surface area contributed by atoms with E-state index >= 15 is 0 Å². The number of amides is 1. The molecule has 0 radical (unpaired) electrons. The molecule has 0 bridgehead atoms. The molecule has 1 N–H and O–H groups in total. The molecule has 1 amide bonds. The average Bonchev–Trinajstić information content (AvgIpc) is 2.68. The van der Waals surface area contributed by atoms with Gasteiger partial charge in [0.2, 0.25) is 5.91 Å². The minimum Gasteiger partial charge on any atom is -0.481 e. The van der Waals surface area contributed by atoms with Crippen molar-refractivity contribution in [1.82, 2.24) is 4.90 Å². The van der Waals surface area contributed by atoms with Gasteiger partial charge in [0.25, 0.3) is 0 Å². The molecule has 2 aromatic rings. The van der Waals surface area contributed by atoms with Crippen LogP contribution in [0.15, 0.2) is 60.7 Å². The molecule has 142 valence electrons. The number of nitrogens with zero attached hydrogens (tertiary/aromatic N) is 1. The van der Waals surface area contributed by atoms with E-state index in [1.54, 1.807) is 4.90 Å². The maximum Gasteiger partial charge on any atom is 0.308 e. The van der Waals surface area contributed by atoms with Crippen LogP contribution in [0.3, 0.4) is 0 Å². The molecule has 0 spiro atoms. The Labute approximate surface area is 160 Å². The van der Waals surface area contributed by atoms with Crippen LogP contribution in [0, 0.1) is 11.8 Å². The monoisotopic (exact) mass is 365 g/mol. The fourth-order valence-corrected chi connectivity index (χ4v) is 4.01. The molecule has 1 fully saturated rings. The zero-order valence-corrected chi connectivity index (χ0v) is 15.8.